The summed E-state index contributed by atoms with van der Waals surface area (Å²) in [5.41, 5.74) is 1.21. The normalized spacial score (nSPS) is 11.0. The molecule has 0 aliphatic rings. The van der Waals surface area contributed by atoms with Gasteiger partial charge in [-0.25, -0.2) is 4.79 Å². The van der Waals surface area contributed by atoms with Crippen LogP contribution in [-0.4, -0.2) is 23.2 Å². The van der Waals surface area contributed by atoms with Crippen molar-refractivity contribution in [2.75, 3.05) is 7.11 Å². The summed E-state index contributed by atoms with van der Waals surface area (Å²) in [5, 5.41) is 10.4. The predicted molar refractivity (Wildman–Crippen MR) is 73.5 cm³/mol. The second kappa shape index (κ2) is 4.10. The molecule has 96 valence electrons. The van der Waals surface area contributed by atoms with Crippen molar-refractivity contribution in [2.45, 2.75) is 0 Å². The molecule has 0 saturated heterocycles. The number of carboxylic acid groups (broad SMARTS) is 1. The van der Waals surface area contributed by atoms with Crippen molar-refractivity contribution >= 4 is 39.1 Å². The molecule has 2 N–H and O–H groups in total. The second-order valence-electron chi connectivity index (χ2n) is 4.03. The van der Waals surface area contributed by atoms with Crippen molar-refractivity contribution in [3.63, 3.8) is 0 Å². The topological polar surface area (TPSA) is 79.4 Å². The molecule has 1 aromatic carbocycles. The molecule has 0 saturated carbocycles. The number of ether oxygens (including phenoxy) is 1. The molecular weight excluding hydrogens is 266 g/mol. The number of fused-ring (bicyclic) bond motifs is 3. The first-order valence-electron chi connectivity index (χ1n) is 5.47. The van der Waals surface area contributed by atoms with Crippen molar-refractivity contribution in [1.29, 1.82) is 0 Å². The number of hydrogen-bond donors (Lipinski definition) is 2. The number of aromatic carboxylic acids is 1. The number of carboxylic acids is 1. The standard InChI is InChI=1S/C13H9NO4S/c1-18-6-2-3-9-7(4-6)8-5-10(12(15)16)19-13(17)11(8)14-9/h2-5,14H,1H3,(H,15,16). The molecule has 0 aliphatic carbocycles. The lowest BCUT2D eigenvalue weighted by atomic mass is 10.2. The summed E-state index contributed by atoms with van der Waals surface area (Å²) < 4.78 is 4.86. The first kappa shape index (κ1) is 11.7. The van der Waals surface area contributed by atoms with Gasteiger partial charge in [0.05, 0.1) is 7.11 Å². The minimum Gasteiger partial charge on any atom is -0.497 e. The Labute approximate surface area is 111 Å². The summed E-state index contributed by atoms with van der Waals surface area (Å²) in [6, 6.07) is 6.88. The minimum absolute atomic E-state index is 0.0289. The number of benzene rings is 1. The van der Waals surface area contributed by atoms with Gasteiger partial charge in [-0.1, -0.05) is 11.3 Å². The van der Waals surface area contributed by atoms with Crippen LogP contribution >= 0.6 is 11.3 Å². The molecule has 0 aliphatic heterocycles. The zero-order chi connectivity index (χ0) is 13.6. The Morgan fingerprint density at radius 1 is 1.32 bits per heavy atom. The fourth-order valence-electron chi connectivity index (χ4n) is 2.05. The lowest BCUT2D eigenvalue weighted by Crippen LogP contribution is -2.01. The number of carbonyl (C=O) groups is 1. The number of H-pyrrole nitrogens is 1. The fourth-order valence-corrected chi connectivity index (χ4v) is 2.77. The predicted octanol–water partition coefficient (Wildman–Crippen LogP) is 2.45. The number of aromatic nitrogens is 1. The number of methoxy groups -OCH3 is 1. The Hall–Kier alpha value is -2.34. The SMILES string of the molecule is COc1ccc2[nH]c3c(=O)sc(C(=O)O)cc3c2c1. The maximum absolute atomic E-state index is 11.9. The van der Waals surface area contributed by atoms with Crippen molar-refractivity contribution in [2.24, 2.45) is 0 Å². The molecule has 19 heavy (non-hydrogen) atoms. The number of aromatic amines is 1. The van der Waals surface area contributed by atoms with Crippen LogP contribution in [0.5, 0.6) is 5.75 Å². The van der Waals surface area contributed by atoms with Crippen LogP contribution in [0.4, 0.5) is 0 Å². The molecule has 0 radical (unpaired) electrons. The lowest BCUT2D eigenvalue weighted by Gasteiger charge is -1.98. The van der Waals surface area contributed by atoms with Gasteiger partial charge in [-0.3, -0.25) is 4.79 Å². The van der Waals surface area contributed by atoms with E-state index in [0.29, 0.717) is 16.7 Å². The molecule has 2 aromatic heterocycles. The Bertz CT molecular complexity index is 862. The average Bonchev–Trinajstić information content (AvgIpc) is 2.77. The third-order valence-corrected chi connectivity index (χ3v) is 3.84. The molecule has 2 heterocycles. The van der Waals surface area contributed by atoms with E-state index in [1.165, 1.54) is 6.07 Å². The summed E-state index contributed by atoms with van der Waals surface area (Å²) >= 11 is 0.723. The smallest absolute Gasteiger partial charge is 0.346 e. The van der Waals surface area contributed by atoms with Crippen LogP contribution in [0.1, 0.15) is 9.67 Å². The molecule has 5 nitrogen and oxygen atoms in total. The number of hydrogen-bond acceptors (Lipinski definition) is 4. The van der Waals surface area contributed by atoms with Crippen LogP contribution in [-0.2, 0) is 0 Å². The van der Waals surface area contributed by atoms with Gasteiger partial charge < -0.3 is 14.8 Å². The zero-order valence-electron chi connectivity index (χ0n) is 9.89. The maximum atomic E-state index is 11.9. The summed E-state index contributed by atoms with van der Waals surface area (Å²) in [6.45, 7) is 0. The van der Waals surface area contributed by atoms with E-state index in [1.54, 1.807) is 25.3 Å². The third-order valence-electron chi connectivity index (χ3n) is 2.94. The largest absolute Gasteiger partial charge is 0.497 e. The van der Waals surface area contributed by atoms with Gasteiger partial charge in [0, 0.05) is 16.3 Å². The molecule has 0 unspecified atom stereocenters. The Kier molecular flexibility index (Phi) is 2.53. The first-order chi connectivity index (χ1) is 9.10. The van der Waals surface area contributed by atoms with Crippen LogP contribution in [0, 0.1) is 0 Å². The molecule has 6 heteroatoms. The molecule has 0 bridgehead atoms. The summed E-state index contributed by atoms with van der Waals surface area (Å²) in [5.74, 6) is -0.438. The van der Waals surface area contributed by atoms with Crippen LogP contribution in [0.2, 0.25) is 0 Å². The Morgan fingerprint density at radius 3 is 2.79 bits per heavy atom. The van der Waals surface area contributed by atoms with Crippen LogP contribution in [0.3, 0.4) is 0 Å². The van der Waals surface area contributed by atoms with Gasteiger partial charge >= 0.3 is 5.97 Å². The van der Waals surface area contributed by atoms with E-state index in [0.717, 1.165) is 22.2 Å². The van der Waals surface area contributed by atoms with E-state index in [2.05, 4.69) is 4.98 Å². The first-order valence-corrected chi connectivity index (χ1v) is 6.28. The van der Waals surface area contributed by atoms with Gasteiger partial charge in [0.15, 0.2) is 0 Å². The fraction of sp³-hybridized carbons (Fsp3) is 0.0769. The van der Waals surface area contributed by atoms with Crippen LogP contribution < -0.4 is 9.48 Å². The molecule has 3 aromatic rings. The molecule has 0 atom stereocenters. The highest BCUT2D eigenvalue weighted by atomic mass is 32.1. The average molecular weight is 275 g/mol. The van der Waals surface area contributed by atoms with E-state index >= 15 is 0 Å². The highest BCUT2D eigenvalue weighted by molar-refractivity contribution is 7.11. The van der Waals surface area contributed by atoms with E-state index in [4.69, 9.17) is 9.84 Å². The quantitative estimate of drug-likeness (QED) is 0.753. The van der Waals surface area contributed by atoms with Crippen molar-refractivity contribution in [1.82, 2.24) is 4.98 Å². The third kappa shape index (κ3) is 1.77. The Morgan fingerprint density at radius 2 is 2.11 bits per heavy atom. The van der Waals surface area contributed by atoms with Gasteiger partial charge in [0.25, 0.3) is 4.74 Å². The van der Waals surface area contributed by atoms with E-state index in [1.807, 2.05) is 0 Å². The highest BCUT2D eigenvalue weighted by Gasteiger charge is 2.13. The van der Waals surface area contributed by atoms with Crippen LogP contribution in [0.25, 0.3) is 21.8 Å². The molecule has 3 rings (SSSR count). The van der Waals surface area contributed by atoms with E-state index in [9.17, 15) is 9.59 Å². The molecule has 0 spiro atoms. The lowest BCUT2D eigenvalue weighted by molar-refractivity contribution is 0.0702. The minimum atomic E-state index is -1.10. The van der Waals surface area contributed by atoms with Gasteiger partial charge in [0.2, 0.25) is 0 Å². The van der Waals surface area contributed by atoms with Gasteiger partial charge in [-0.2, -0.15) is 0 Å². The highest BCUT2D eigenvalue weighted by Crippen LogP contribution is 2.28. The van der Waals surface area contributed by atoms with Crippen molar-refractivity contribution in [3.8, 4) is 5.75 Å². The summed E-state index contributed by atoms with van der Waals surface area (Å²) in [6.07, 6.45) is 0. The zero-order valence-corrected chi connectivity index (χ0v) is 10.7. The monoisotopic (exact) mass is 275 g/mol. The van der Waals surface area contributed by atoms with Gasteiger partial charge in [-0.15, -0.1) is 0 Å². The van der Waals surface area contributed by atoms with Crippen molar-refractivity contribution < 1.29 is 14.6 Å². The molecular formula is C13H9NO4S. The number of rotatable bonds is 2. The Balaban J connectivity index is 2.47. The van der Waals surface area contributed by atoms with Gasteiger partial charge in [-0.05, 0) is 24.3 Å². The molecule has 0 fully saturated rings. The van der Waals surface area contributed by atoms with E-state index in [-0.39, 0.29) is 9.62 Å². The van der Waals surface area contributed by atoms with E-state index < -0.39 is 5.97 Å². The summed E-state index contributed by atoms with van der Waals surface area (Å²) in [7, 11) is 1.56. The van der Waals surface area contributed by atoms with Crippen LogP contribution in [0.15, 0.2) is 29.1 Å². The van der Waals surface area contributed by atoms with Gasteiger partial charge in [0.1, 0.15) is 16.1 Å². The number of nitrogens with one attached hydrogen (secondary N) is 1. The van der Waals surface area contributed by atoms with Crippen molar-refractivity contribution in [3.05, 3.63) is 38.7 Å². The molecule has 0 amide bonds. The summed E-state index contributed by atoms with van der Waals surface area (Å²) in [4.78, 5) is 26.0. The maximum Gasteiger partial charge on any atom is 0.346 e. The second-order valence-corrected chi connectivity index (χ2v) is 5.04.